The molecule has 0 amide bonds. The van der Waals surface area contributed by atoms with E-state index in [4.69, 9.17) is 0 Å². The standard InChI is InChI=1S/C14H13F13O2.C13H11F13O2.C11H7F13O2/c1-7(2)8(28)29-6-4-3-5-9(15,16)10(17,18)11(19,20)12(21,22)13(23,24)14(25,26)27;1-4-7(27)28-6(3)5(2)8(14,15)9(16,17)10(18,19)11(20,21)12(22,23)13(24,25)26;1-3-5(25)26-4(2)6(12,13)7(14,15)8(16,17)9(18,19)10(20,21)11(22,23)24/h1,3-6H2,2H3;4-6H,1H2,2-3H3;3-4H,1H2,2H3. The molecular weight excluding hydrogens is 1290 g/mol. The van der Waals surface area contributed by atoms with Gasteiger partial charge in [0.25, 0.3) is 0 Å². The van der Waals surface area contributed by atoms with Crippen molar-refractivity contribution < 1.29 is 200 Å². The first-order chi connectivity index (χ1) is 35.7. The molecule has 0 rings (SSSR count). The predicted octanol–water partition coefficient (Wildman–Crippen LogP) is 16.3. The molecule has 0 aliphatic carbocycles. The van der Waals surface area contributed by atoms with Crippen LogP contribution in [-0.2, 0) is 28.6 Å². The average molecular weight is 1320 g/mol. The van der Waals surface area contributed by atoms with Gasteiger partial charge in [-0.3, -0.25) is 0 Å². The van der Waals surface area contributed by atoms with E-state index in [1.165, 1.54) is 6.92 Å². The van der Waals surface area contributed by atoms with Gasteiger partial charge in [0.1, 0.15) is 6.10 Å². The lowest BCUT2D eigenvalue weighted by atomic mass is 9.86. The van der Waals surface area contributed by atoms with Crippen molar-refractivity contribution in [3.8, 4) is 0 Å². The zero-order valence-corrected chi connectivity index (χ0v) is 40.0. The van der Waals surface area contributed by atoms with E-state index in [2.05, 4.69) is 33.9 Å². The van der Waals surface area contributed by atoms with Crippen molar-refractivity contribution in [1.82, 2.24) is 0 Å². The number of halogens is 39. The highest BCUT2D eigenvalue weighted by Gasteiger charge is 2.94. The van der Waals surface area contributed by atoms with Crippen molar-refractivity contribution >= 4 is 17.9 Å². The van der Waals surface area contributed by atoms with Gasteiger partial charge in [-0.15, -0.1) is 0 Å². The highest BCUT2D eigenvalue weighted by atomic mass is 19.5. The Hall–Kier alpha value is -5.10. The zero-order valence-electron chi connectivity index (χ0n) is 40.0. The van der Waals surface area contributed by atoms with Crippen molar-refractivity contribution in [2.24, 2.45) is 5.92 Å². The summed E-state index contributed by atoms with van der Waals surface area (Å²) in [7, 11) is 0. The Bertz CT molecular complexity index is 2240. The predicted molar refractivity (Wildman–Crippen MR) is 193 cm³/mol. The lowest BCUT2D eigenvalue weighted by Gasteiger charge is -2.42. The number of carbonyl (C=O) groups is 3. The molecule has 0 aliphatic rings. The lowest BCUT2D eigenvalue weighted by Crippen LogP contribution is -2.71. The first kappa shape index (κ1) is 82.1. The van der Waals surface area contributed by atoms with Crippen molar-refractivity contribution in [3.63, 3.8) is 0 Å². The highest BCUT2D eigenvalue weighted by molar-refractivity contribution is 5.86. The Morgan fingerprint density at radius 3 is 0.928 bits per heavy atom. The fourth-order valence-corrected chi connectivity index (χ4v) is 4.73. The van der Waals surface area contributed by atoms with Crippen LogP contribution in [0.15, 0.2) is 37.5 Å². The second-order valence-electron chi connectivity index (χ2n) is 16.1. The minimum Gasteiger partial charge on any atom is -0.462 e. The Balaban J connectivity index is -0.00000116. The molecule has 0 aromatic heterocycles. The number of unbranched alkanes of at least 4 members (excludes halogenated alkanes) is 1. The summed E-state index contributed by atoms with van der Waals surface area (Å²) in [5, 5.41) is 0. The van der Waals surface area contributed by atoms with Crippen molar-refractivity contribution in [2.45, 2.75) is 167 Å². The fraction of sp³-hybridized carbons (Fsp3) is 0.763. The molecule has 6 nitrogen and oxygen atoms in total. The van der Waals surface area contributed by atoms with Crippen LogP contribution in [0.1, 0.15) is 47.0 Å². The van der Waals surface area contributed by atoms with E-state index in [0.717, 1.165) is 0 Å². The highest BCUT2D eigenvalue weighted by Crippen LogP contribution is 2.64. The minimum absolute atomic E-state index is 0.00886. The quantitative estimate of drug-likeness (QED) is 0.0298. The summed E-state index contributed by atoms with van der Waals surface area (Å²) < 4.78 is 514. The van der Waals surface area contributed by atoms with Gasteiger partial charge in [0.2, 0.25) is 0 Å². The number of rotatable bonds is 25. The van der Waals surface area contributed by atoms with Gasteiger partial charge in [0.15, 0.2) is 6.10 Å². The third-order valence-corrected chi connectivity index (χ3v) is 10.1. The van der Waals surface area contributed by atoms with Crippen LogP contribution in [0.3, 0.4) is 0 Å². The number of esters is 3. The van der Waals surface area contributed by atoms with Crippen LogP contribution in [0, 0.1) is 5.92 Å². The van der Waals surface area contributed by atoms with E-state index < -0.39 is 169 Å². The summed E-state index contributed by atoms with van der Waals surface area (Å²) in [5.41, 5.74) is -0.144. The maximum atomic E-state index is 13.8. The van der Waals surface area contributed by atoms with Crippen molar-refractivity contribution in [3.05, 3.63) is 37.5 Å². The van der Waals surface area contributed by atoms with E-state index in [1.807, 2.05) is 0 Å². The molecule has 0 saturated heterocycles. The molecule has 0 aromatic rings. The molecule has 3 unspecified atom stereocenters. The summed E-state index contributed by atoms with van der Waals surface area (Å²) in [6, 6.07) is 0. The molecule has 0 aromatic carbocycles. The largest absolute Gasteiger partial charge is 0.462 e. The van der Waals surface area contributed by atoms with Gasteiger partial charge in [0, 0.05) is 24.1 Å². The maximum absolute atomic E-state index is 13.8. The molecule has 0 heterocycles. The van der Waals surface area contributed by atoms with Gasteiger partial charge in [-0.25, -0.2) is 14.4 Å². The maximum Gasteiger partial charge on any atom is 0.460 e. The topological polar surface area (TPSA) is 78.9 Å². The molecule has 0 spiro atoms. The van der Waals surface area contributed by atoms with Crippen LogP contribution in [0.5, 0.6) is 0 Å². The molecule has 0 bridgehead atoms. The minimum atomic E-state index is -7.99. The lowest BCUT2D eigenvalue weighted by molar-refractivity contribution is -0.443. The normalized spacial score (nSPS) is 16.0. The van der Waals surface area contributed by atoms with Gasteiger partial charge in [-0.1, -0.05) is 26.7 Å². The summed E-state index contributed by atoms with van der Waals surface area (Å²) in [5.74, 6) is -120. The number of hydrogen-bond acceptors (Lipinski definition) is 6. The van der Waals surface area contributed by atoms with Crippen LogP contribution in [0.25, 0.3) is 0 Å². The van der Waals surface area contributed by atoms with Gasteiger partial charge in [-0.05, 0) is 33.6 Å². The van der Waals surface area contributed by atoms with E-state index >= 15 is 0 Å². The van der Waals surface area contributed by atoms with Gasteiger partial charge in [-0.2, -0.15) is 171 Å². The summed E-state index contributed by atoms with van der Waals surface area (Å²) in [4.78, 5) is 32.4. The molecule has 0 aliphatic heterocycles. The molecular formula is C38H31F39O6. The number of hydrogen-bond donors (Lipinski definition) is 0. The van der Waals surface area contributed by atoms with Crippen LogP contribution in [0.2, 0.25) is 0 Å². The van der Waals surface area contributed by atoms with Crippen LogP contribution in [-0.4, -0.2) is 144 Å². The second-order valence-corrected chi connectivity index (χ2v) is 16.1. The number of alkyl halides is 39. The first-order valence-electron chi connectivity index (χ1n) is 20.1. The fourth-order valence-electron chi connectivity index (χ4n) is 4.73. The Morgan fingerprint density at radius 1 is 0.386 bits per heavy atom. The molecule has 0 radical (unpaired) electrons. The summed E-state index contributed by atoms with van der Waals surface area (Å²) >= 11 is 0. The summed E-state index contributed by atoms with van der Waals surface area (Å²) in [6.45, 7) is 9.19. The molecule has 0 fully saturated rings. The Labute approximate surface area is 434 Å². The first-order valence-corrected chi connectivity index (χ1v) is 20.1. The average Bonchev–Trinajstić information content (AvgIpc) is 3.29. The van der Waals surface area contributed by atoms with Gasteiger partial charge >= 0.3 is 125 Å². The van der Waals surface area contributed by atoms with E-state index in [9.17, 15) is 186 Å². The van der Waals surface area contributed by atoms with E-state index in [1.54, 1.807) is 0 Å². The molecule has 83 heavy (non-hydrogen) atoms. The van der Waals surface area contributed by atoms with Crippen LogP contribution < -0.4 is 0 Å². The van der Waals surface area contributed by atoms with Gasteiger partial charge < -0.3 is 14.2 Å². The molecule has 492 valence electrons. The number of carbonyl (C=O) groups excluding carboxylic acids is 3. The molecule has 0 saturated carbocycles. The third-order valence-electron chi connectivity index (χ3n) is 10.1. The molecule has 3 atom stereocenters. The monoisotopic (exact) mass is 1320 g/mol. The number of ether oxygens (including phenoxy) is 3. The summed E-state index contributed by atoms with van der Waals surface area (Å²) in [6.07, 6.45) is -32.2. The molecule has 0 N–H and O–H groups in total. The Kier molecular flexibility index (Phi) is 24.8. The van der Waals surface area contributed by atoms with Crippen LogP contribution in [0.4, 0.5) is 171 Å². The van der Waals surface area contributed by atoms with E-state index in [0.29, 0.717) is 13.0 Å². The van der Waals surface area contributed by atoms with Crippen LogP contribution >= 0.6 is 0 Å². The smallest absolute Gasteiger partial charge is 0.460 e. The SMILES string of the molecule is C=C(C)C(=O)OCCCCC(F)(F)C(F)(F)C(F)(F)C(F)(F)C(F)(F)C(F)(F)F.C=CC(=O)OC(C)C(C)C(F)(F)C(F)(F)C(F)(F)C(F)(F)C(F)(F)C(F)(F)F.C=CC(=O)OC(C)C(F)(F)C(F)(F)C(F)(F)C(F)(F)C(F)(F)C(F)(F)F. The van der Waals surface area contributed by atoms with Crippen molar-refractivity contribution in [2.75, 3.05) is 6.61 Å². The van der Waals surface area contributed by atoms with Crippen molar-refractivity contribution in [1.29, 1.82) is 0 Å². The van der Waals surface area contributed by atoms with Gasteiger partial charge in [0.05, 0.1) is 12.5 Å². The van der Waals surface area contributed by atoms with E-state index in [-0.39, 0.29) is 25.5 Å². The second kappa shape index (κ2) is 25.1. The zero-order chi connectivity index (χ0) is 68.4. The Morgan fingerprint density at radius 2 is 0.651 bits per heavy atom. The molecule has 45 heteroatoms. The third kappa shape index (κ3) is 14.8.